The summed E-state index contributed by atoms with van der Waals surface area (Å²) in [6.07, 6.45) is 3.97. The minimum atomic E-state index is -3.70. The highest BCUT2D eigenvalue weighted by atomic mass is 32.2. The van der Waals surface area contributed by atoms with E-state index in [2.05, 4.69) is 40.5 Å². The molecule has 2 fully saturated rings. The van der Waals surface area contributed by atoms with Gasteiger partial charge in [0.2, 0.25) is 15.9 Å². The Morgan fingerprint density at radius 2 is 1.71 bits per heavy atom. The number of carbonyl (C=O) groups excluding carboxylic acids is 1. The van der Waals surface area contributed by atoms with Crippen LogP contribution in [0.1, 0.15) is 48.4 Å². The molecule has 1 saturated carbocycles. The molecule has 1 aliphatic carbocycles. The molecule has 4 rings (SSSR count). The summed E-state index contributed by atoms with van der Waals surface area (Å²) < 4.78 is 44.0. The van der Waals surface area contributed by atoms with E-state index < -0.39 is 10.0 Å². The molecule has 0 radical (unpaired) electrons. The fourth-order valence-electron chi connectivity index (χ4n) is 6.20. The van der Waals surface area contributed by atoms with Crippen molar-refractivity contribution in [3.63, 3.8) is 0 Å². The molecule has 1 aliphatic heterocycles. The van der Waals surface area contributed by atoms with Gasteiger partial charge in [-0.25, -0.2) is 8.42 Å². The van der Waals surface area contributed by atoms with Gasteiger partial charge in [0.25, 0.3) is 0 Å². The van der Waals surface area contributed by atoms with Crippen molar-refractivity contribution in [3.05, 3.63) is 59.2 Å². The maximum atomic E-state index is 13.2. The van der Waals surface area contributed by atoms with Gasteiger partial charge in [-0.1, -0.05) is 30.3 Å². The van der Waals surface area contributed by atoms with Gasteiger partial charge in [0, 0.05) is 38.8 Å². The number of nitrogens with one attached hydrogen (secondary N) is 1. The second-order valence-electron chi connectivity index (χ2n) is 11.2. The van der Waals surface area contributed by atoms with E-state index in [4.69, 9.17) is 14.2 Å². The predicted octanol–water partition coefficient (Wildman–Crippen LogP) is 3.70. The highest BCUT2D eigenvalue weighted by Gasteiger charge is 2.33. The number of amides is 1. The summed E-state index contributed by atoms with van der Waals surface area (Å²) in [4.78, 5) is 15.4. The first-order valence-corrected chi connectivity index (χ1v) is 16.0. The number of methoxy groups -OCH3 is 1. The molecule has 2 aliphatic rings. The molecule has 1 amide bonds. The Morgan fingerprint density at radius 3 is 2.32 bits per heavy atom. The monoisotopic (exact) mass is 587 g/mol. The van der Waals surface area contributed by atoms with Crippen molar-refractivity contribution in [3.8, 4) is 5.75 Å². The summed E-state index contributed by atoms with van der Waals surface area (Å²) in [5.74, 6) is 1.00. The van der Waals surface area contributed by atoms with E-state index in [-0.39, 0.29) is 36.6 Å². The van der Waals surface area contributed by atoms with Crippen LogP contribution in [0.25, 0.3) is 0 Å². The molecule has 2 aromatic rings. The summed E-state index contributed by atoms with van der Waals surface area (Å²) in [5.41, 5.74) is 2.62. The smallest absolute Gasteiger partial charge is 0.246 e. The van der Waals surface area contributed by atoms with Crippen molar-refractivity contribution in [2.45, 2.75) is 56.5 Å². The van der Waals surface area contributed by atoms with Gasteiger partial charge in [0.05, 0.1) is 31.8 Å². The minimum absolute atomic E-state index is 0.0885. The van der Waals surface area contributed by atoms with E-state index in [9.17, 15) is 13.2 Å². The molecule has 10 heteroatoms. The average Bonchev–Trinajstić information content (AvgIpc) is 2.97. The normalized spacial score (nSPS) is 21.0. The largest absolute Gasteiger partial charge is 0.497 e. The lowest BCUT2D eigenvalue weighted by Crippen LogP contribution is -2.45. The molecule has 0 bridgehead atoms. The molecular formula is C31H45N3O6S. The lowest BCUT2D eigenvalue weighted by molar-refractivity contribution is -0.126. The van der Waals surface area contributed by atoms with Gasteiger partial charge in [-0.3, -0.25) is 9.69 Å². The Labute approximate surface area is 245 Å². The van der Waals surface area contributed by atoms with Crippen LogP contribution in [-0.4, -0.2) is 89.8 Å². The number of morpholine rings is 1. The fourth-order valence-corrected chi connectivity index (χ4v) is 7.76. The van der Waals surface area contributed by atoms with Crippen LogP contribution in [0.15, 0.2) is 47.4 Å². The van der Waals surface area contributed by atoms with Crippen LogP contribution in [0, 0.1) is 19.8 Å². The molecule has 1 saturated heterocycles. The van der Waals surface area contributed by atoms with Crippen LogP contribution >= 0.6 is 0 Å². The Hall–Kier alpha value is -2.50. The number of hydrogen-bond donors (Lipinski definition) is 1. The van der Waals surface area contributed by atoms with E-state index in [1.54, 1.807) is 33.1 Å². The quantitative estimate of drug-likeness (QED) is 0.378. The molecular weight excluding hydrogens is 542 g/mol. The first-order chi connectivity index (χ1) is 19.7. The van der Waals surface area contributed by atoms with Gasteiger partial charge in [-0.2, -0.15) is 4.31 Å². The van der Waals surface area contributed by atoms with Gasteiger partial charge < -0.3 is 19.5 Å². The van der Waals surface area contributed by atoms with E-state index in [1.165, 1.54) is 16.9 Å². The number of ether oxygens (including phenoxy) is 3. The number of aryl methyl sites for hydroxylation is 2. The number of likely N-dealkylation sites (N-methyl/N-ethyl adjacent to an activating group) is 1. The number of benzene rings is 2. The lowest BCUT2D eigenvalue weighted by atomic mass is 9.78. The average molecular weight is 588 g/mol. The van der Waals surface area contributed by atoms with E-state index in [0.717, 1.165) is 52.0 Å². The van der Waals surface area contributed by atoms with E-state index >= 15 is 0 Å². The predicted molar refractivity (Wildman–Crippen MR) is 159 cm³/mol. The molecule has 226 valence electrons. The number of hydrogen-bond acceptors (Lipinski definition) is 7. The standard InChI is InChI=1S/C31H45N3O6S/c1-23-20-28(38-4)21-24(2)31(23)41(36,37)33(3)14-17-40-22-29(35)32-27-12-10-26(11-13-27)30(25-8-6-5-7-9-25)34-15-18-39-19-16-34/h5-9,20-21,26-27,30H,10-19,22H2,1-4H3,(H,32,35). The highest BCUT2D eigenvalue weighted by Crippen LogP contribution is 2.39. The van der Waals surface area contributed by atoms with Crippen molar-refractivity contribution in [1.29, 1.82) is 0 Å². The van der Waals surface area contributed by atoms with Gasteiger partial charge in [-0.15, -0.1) is 0 Å². The summed E-state index contributed by atoms with van der Waals surface area (Å²) >= 11 is 0. The van der Waals surface area contributed by atoms with Gasteiger partial charge in [0.15, 0.2) is 0 Å². The summed E-state index contributed by atoms with van der Waals surface area (Å²) in [7, 11) is -0.618. The SMILES string of the molecule is COc1cc(C)c(S(=O)(=O)N(C)CCOCC(=O)NC2CCC(C(c3ccccc3)N3CCOCC3)CC2)c(C)c1. The first kappa shape index (κ1) is 31.4. The second-order valence-corrected chi connectivity index (χ2v) is 13.1. The second kappa shape index (κ2) is 14.6. The van der Waals surface area contributed by atoms with Crippen LogP contribution in [0.4, 0.5) is 0 Å². The third-order valence-corrected chi connectivity index (χ3v) is 10.4. The number of rotatable bonds is 12. The molecule has 1 heterocycles. The van der Waals surface area contributed by atoms with Crippen molar-refractivity contribution in [2.75, 3.05) is 60.2 Å². The summed E-state index contributed by atoms with van der Waals surface area (Å²) in [6, 6.07) is 14.7. The van der Waals surface area contributed by atoms with Crippen molar-refractivity contribution >= 4 is 15.9 Å². The topological polar surface area (TPSA) is 97.4 Å². The Kier molecular flexibility index (Phi) is 11.2. The van der Waals surface area contributed by atoms with Crippen molar-refractivity contribution < 1.29 is 27.4 Å². The van der Waals surface area contributed by atoms with Crippen LogP contribution in [-0.2, 0) is 24.3 Å². The van der Waals surface area contributed by atoms with Crippen LogP contribution in [0.3, 0.4) is 0 Å². The lowest BCUT2D eigenvalue weighted by Gasteiger charge is -2.42. The molecule has 1 unspecified atom stereocenters. The highest BCUT2D eigenvalue weighted by molar-refractivity contribution is 7.89. The summed E-state index contributed by atoms with van der Waals surface area (Å²) in [5, 5.41) is 3.13. The molecule has 1 atom stereocenters. The van der Waals surface area contributed by atoms with Crippen LogP contribution in [0.2, 0.25) is 0 Å². The Morgan fingerprint density at radius 1 is 1.07 bits per heavy atom. The van der Waals surface area contributed by atoms with Crippen molar-refractivity contribution in [1.82, 2.24) is 14.5 Å². The Balaban J connectivity index is 1.22. The van der Waals surface area contributed by atoms with Gasteiger partial charge in [-0.05, 0) is 74.3 Å². The first-order valence-electron chi connectivity index (χ1n) is 14.6. The summed E-state index contributed by atoms with van der Waals surface area (Å²) in [6.45, 7) is 7.15. The zero-order valence-electron chi connectivity index (χ0n) is 24.8. The maximum absolute atomic E-state index is 13.2. The fraction of sp³-hybridized carbons (Fsp3) is 0.581. The van der Waals surface area contributed by atoms with Gasteiger partial charge >= 0.3 is 0 Å². The molecule has 0 aromatic heterocycles. The molecule has 9 nitrogen and oxygen atoms in total. The zero-order valence-corrected chi connectivity index (χ0v) is 25.6. The van der Waals surface area contributed by atoms with E-state index in [1.807, 2.05) is 0 Å². The molecule has 0 spiro atoms. The van der Waals surface area contributed by atoms with Crippen LogP contribution in [0.5, 0.6) is 5.75 Å². The molecule has 41 heavy (non-hydrogen) atoms. The van der Waals surface area contributed by atoms with E-state index in [0.29, 0.717) is 28.8 Å². The number of sulfonamides is 1. The van der Waals surface area contributed by atoms with Gasteiger partial charge in [0.1, 0.15) is 12.4 Å². The Bertz CT molecular complexity index is 1220. The number of nitrogens with zero attached hydrogens (tertiary/aromatic N) is 2. The molecule has 1 N–H and O–H groups in total. The maximum Gasteiger partial charge on any atom is 0.246 e. The zero-order chi connectivity index (χ0) is 29.4. The molecule has 2 aromatic carbocycles. The third kappa shape index (κ3) is 8.08. The minimum Gasteiger partial charge on any atom is -0.497 e. The van der Waals surface area contributed by atoms with Crippen molar-refractivity contribution in [2.24, 2.45) is 5.92 Å². The van der Waals surface area contributed by atoms with Crippen LogP contribution < -0.4 is 10.1 Å². The number of carbonyl (C=O) groups is 1. The third-order valence-electron chi connectivity index (χ3n) is 8.29.